The second-order valence-corrected chi connectivity index (χ2v) is 3.68. The Kier molecular flexibility index (Phi) is 2.84. The van der Waals surface area contributed by atoms with Gasteiger partial charge in [0.05, 0.1) is 18.0 Å². The summed E-state index contributed by atoms with van der Waals surface area (Å²) >= 11 is 0.857. The Labute approximate surface area is 96.4 Å². The van der Waals surface area contributed by atoms with Crippen LogP contribution in [0.25, 0.3) is 0 Å². The summed E-state index contributed by atoms with van der Waals surface area (Å²) in [5, 5.41) is 5.92. The van der Waals surface area contributed by atoms with Gasteiger partial charge in [-0.3, -0.25) is 4.79 Å². The van der Waals surface area contributed by atoms with Crippen molar-refractivity contribution < 1.29 is 22.4 Å². The SMILES string of the molecule is O=C(Nc1cnns1)c1ccoc1C(F)(F)F. The average molecular weight is 263 g/mol. The van der Waals surface area contributed by atoms with Crippen LogP contribution in [0.2, 0.25) is 0 Å². The van der Waals surface area contributed by atoms with Gasteiger partial charge in [0.25, 0.3) is 5.91 Å². The molecule has 17 heavy (non-hydrogen) atoms. The lowest BCUT2D eigenvalue weighted by Crippen LogP contribution is -2.16. The van der Waals surface area contributed by atoms with E-state index in [1.807, 2.05) is 0 Å². The zero-order valence-corrected chi connectivity index (χ0v) is 8.80. The maximum absolute atomic E-state index is 12.4. The topological polar surface area (TPSA) is 68.0 Å². The molecule has 0 aliphatic rings. The normalized spacial score (nSPS) is 11.5. The van der Waals surface area contributed by atoms with Crippen molar-refractivity contribution in [1.82, 2.24) is 9.59 Å². The van der Waals surface area contributed by atoms with Crippen LogP contribution in [0.1, 0.15) is 16.1 Å². The highest BCUT2D eigenvalue weighted by Crippen LogP contribution is 2.33. The summed E-state index contributed by atoms with van der Waals surface area (Å²) in [4.78, 5) is 11.5. The van der Waals surface area contributed by atoms with Crippen molar-refractivity contribution in [2.45, 2.75) is 6.18 Å². The van der Waals surface area contributed by atoms with Gasteiger partial charge in [-0.05, 0) is 6.07 Å². The Morgan fingerprint density at radius 2 is 2.24 bits per heavy atom. The molecule has 2 rings (SSSR count). The molecule has 0 saturated carbocycles. The molecule has 0 unspecified atom stereocenters. The predicted octanol–water partition coefficient (Wildman–Crippen LogP) is 2.40. The molecule has 0 radical (unpaired) electrons. The first kappa shape index (κ1) is 11.6. The van der Waals surface area contributed by atoms with E-state index in [2.05, 4.69) is 19.3 Å². The van der Waals surface area contributed by atoms with Crippen LogP contribution >= 0.6 is 11.5 Å². The van der Waals surface area contributed by atoms with Crippen LogP contribution in [0.15, 0.2) is 22.9 Å². The molecule has 0 aliphatic carbocycles. The number of nitrogens with one attached hydrogen (secondary N) is 1. The molecule has 0 spiro atoms. The van der Waals surface area contributed by atoms with E-state index in [4.69, 9.17) is 0 Å². The number of alkyl halides is 3. The molecule has 0 bridgehead atoms. The molecule has 2 aromatic rings. The van der Waals surface area contributed by atoms with Crippen LogP contribution in [0, 0.1) is 0 Å². The highest BCUT2D eigenvalue weighted by molar-refractivity contribution is 7.10. The number of rotatable bonds is 2. The van der Waals surface area contributed by atoms with E-state index in [0.717, 1.165) is 23.9 Å². The maximum atomic E-state index is 12.4. The molecule has 0 aliphatic heterocycles. The number of halogens is 3. The van der Waals surface area contributed by atoms with Crippen molar-refractivity contribution in [1.29, 1.82) is 0 Å². The fourth-order valence-corrected chi connectivity index (χ4v) is 1.52. The van der Waals surface area contributed by atoms with Crippen molar-refractivity contribution in [2.75, 3.05) is 5.32 Å². The third kappa shape index (κ3) is 2.44. The van der Waals surface area contributed by atoms with Gasteiger partial charge in [-0.2, -0.15) is 13.2 Å². The largest absolute Gasteiger partial charge is 0.459 e. The lowest BCUT2D eigenvalue weighted by molar-refractivity contribution is -0.153. The van der Waals surface area contributed by atoms with E-state index in [9.17, 15) is 18.0 Å². The number of hydrogen-bond acceptors (Lipinski definition) is 5. The number of carbonyl (C=O) groups is 1. The van der Waals surface area contributed by atoms with Crippen molar-refractivity contribution in [3.05, 3.63) is 29.9 Å². The quantitative estimate of drug-likeness (QED) is 0.903. The summed E-state index contributed by atoms with van der Waals surface area (Å²) in [7, 11) is 0. The van der Waals surface area contributed by atoms with E-state index in [1.165, 1.54) is 6.20 Å². The van der Waals surface area contributed by atoms with Gasteiger partial charge in [-0.1, -0.05) is 4.49 Å². The Balaban J connectivity index is 2.23. The summed E-state index contributed by atoms with van der Waals surface area (Å²) in [6.45, 7) is 0. The Morgan fingerprint density at radius 3 is 2.82 bits per heavy atom. The first-order valence-electron chi connectivity index (χ1n) is 4.22. The molecule has 90 valence electrons. The number of anilines is 1. The Bertz CT molecular complexity index is 520. The fourth-order valence-electron chi connectivity index (χ4n) is 1.11. The van der Waals surface area contributed by atoms with Crippen molar-refractivity contribution >= 4 is 22.4 Å². The molecule has 0 saturated heterocycles. The van der Waals surface area contributed by atoms with E-state index in [1.54, 1.807) is 0 Å². The minimum absolute atomic E-state index is 0.254. The molecule has 1 amide bonds. The number of furan rings is 1. The monoisotopic (exact) mass is 263 g/mol. The van der Waals surface area contributed by atoms with E-state index in [-0.39, 0.29) is 5.00 Å². The van der Waals surface area contributed by atoms with Crippen molar-refractivity contribution in [3.8, 4) is 0 Å². The van der Waals surface area contributed by atoms with Gasteiger partial charge in [-0.25, -0.2) is 0 Å². The van der Waals surface area contributed by atoms with Crippen LogP contribution in [0.4, 0.5) is 18.2 Å². The van der Waals surface area contributed by atoms with Gasteiger partial charge in [0, 0.05) is 11.5 Å². The maximum Gasteiger partial charge on any atom is 0.450 e. The molecule has 1 N–H and O–H groups in total. The summed E-state index contributed by atoms with van der Waals surface area (Å²) in [6.07, 6.45) is -2.67. The molecule has 2 heterocycles. The minimum Gasteiger partial charge on any atom is -0.459 e. The van der Waals surface area contributed by atoms with Gasteiger partial charge in [0.2, 0.25) is 5.76 Å². The molecule has 0 aromatic carbocycles. The predicted molar refractivity (Wildman–Crippen MR) is 51.6 cm³/mol. The zero-order valence-electron chi connectivity index (χ0n) is 7.99. The number of aromatic nitrogens is 2. The van der Waals surface area contributed by atoms with Crippen LogP contribution in [0.5, 0.6) is 0 Å². The van der Waals surface area contributed by atoms with Crippen molar-refractivity contribution in [3.63, 3.8) is 0 Å². The van der Waals surface area contributed by atoms with Gasteiger partial charge in [-0.15, -0.1) is 5.10 Å². The summed E-state index contributed by atoms with van der Waals surface area (Å²) in [5.74, 6) is -2.25. The van der Waals surface area contributed by atoms with Crippen molar-refractivity contribution in [2.24, 2.45) is 0 Å². The third-order valence-corrected chi connectivity index (χ3v) is 2.35. The minimum atomic E-state index is -4.71. The highest BCUT2D eigenvalue weighted by Gasteiger charge is 2.39. The summed E-state index contributed by atoms with van der Waals surface area (Å²) in [5.41, 5.74) is -0.578. The lowest BCUT2D eigenvalue weighted by Gasteiger charge is -2.05. The molecule has 0 fully saturated rings. The second-order valence-electron chi connectivity index (χ2n) is 2.90. The van der Waals surface area contributed by atoms with Gasteiger partial charge >= 0.3 is 6.18 Å². The fraction of sp³-hybridized carbons (Fsp3) is 0.125. The molecule has 0 atom stereocenters. The number of amides is 1. The Hall–Kier alpha value is -1.90. The van der Waals surface area contributed by atoms with E-state index < -0.39 is 23.4 Å². The standard InChI is InChI=1S/C8H4F3N3O2S/c9-8(10,11)6-4(1-2-16-6)7(15)13-5-3-12-14-17-5/h1-3H,(H,13,15). The first-order chi connectivity index (χ1) is 7.98. The molecule has 5 nitrogen and oxygen atoms in total. The average Bonchev–Trinajstić information content (AvgIpc) is 2.85. The third-order valence-electron chi connectivity index (χ3n) is 1.77. The van der Waals surface area contributed by atoms with E-state index >= 15 is 0 Å². The highest BCUT2D eigenvalue weighted by atomic mass is 32.1. The Morgan fingerprint density at radius 1 is 1.47 bits per heavy atom. The van der Waals surface area contributed by atoms with Crippen LogP contribution in [-0.4, -0.2) is 15.5 Å². The number of nitrogens with zero attached hydrogens (tertiary/aromatic N) is 2. The first-order valence-corrected chi connectivity index (χ1v) is 4.99. The van der Waals surface area contributed by atoms with Crippen LogP contribution in [0.3, 0.4) is 0 Å². The zero-order chi connectivity index (χ0) is 12.5. The smallest absolute Gasteiger partial charge is 0.450 e. The molecular weight excluding hydrogens is 259 g/mol. The molecule has 2 aromatic heterocycles. The molecule has 9 heteroatoms. The van der Waals surface area contributed by atoms with E-state index in [0.29, 0.717) is 0 Å². The lowest BCUT2D eigenvalue weighted by atomic mass is 10.2. The summed E-state index contributed by atoms with van der Waals surface area (Å²) in [6, 6.07) is 0.951. The second kappa shape index (κ2) is 4.17. The summed E-state index contributed by atoms with van der Waals surface area (Å²) < 4.78 is 45.0. The van der Waals surface area contributed by atoms with Gasteiger partial charge < -0.3 is 9.73 Å². The van der Waals surface area contributed by atoms with Crippen LogP contribution < -0.4 is 5.32 Å². The molecular formula is C8H4F3N3O2S. The number of hydrogen-bond donors (Lipinski definition) is 1. The number of carbonyl (C=O) groups excluding carboxylic acids is 1. The van der Waals surface area contributed by atoms with Gasteiger partial charge in [0.15, 0.2) is 0 Å². The van der Waals surface area contributed by atoms with Crippen LogP contribution in [-0.2, 0) is 6.18 Å². The van der Waals surface area contributed by atoms with Gasteiger partial charge in [0.1, 0.15) is 5.00 Å².